The van der Waals surface area contributed by atoms with Gasteiger partial charge in [-0.3, -0.25) is 9.58 Å². The average Bonchev–Trinajstić information content (AvgIpc) is 3.01. The third-order valence-electron chi connectivity index (χ3n) is 3.65. The quantitative estimate of drug-likeness (QED) is 0.930. The van der Waals surface area contributed by atoms with Crippen molar-refractivity contribution in [1.82, 2.24) is 20.0 Å². The molecule has 0 aromatic carbocycles. The van der Waals surface area contributed by atoms with E-state index in [4.69, 9.17) is 0 Å². The number of nitrogens with zero attached hydrogens (tertiary/aromatic N) is 3. The number of piperazine rings is 1. The molecule has 2 aromatic heterocycles. The Morgan fingerprint density at radius 2 is 2.37 bits per heavy atom. The van der Waals surface area contributed by atoms with E-state index in [1.807, 2.05) is 29.3 Å². The number of hydrogen-bond donors (Lipinski definition) is 1. The maximum Gasteiger partial charge on any atom is 0.0576 e. The fourth-order valence-corrected chi connectivity index (χ4v) is 3.49. The largest absolute Gasteiger partial charge is 0.314 e. The summed E-state index contributed by atoms with van der Waals surface area (Å²) in [5.74, 6) is 0. The van der Waals surface area contributed by atoms with Crippen LogP contribution in [0, 0.1) is 0 Å². The van der Waals surface area contributed by atoms with Crippen LogP contribution in [-0.2, 0) is 13.6 Å². The lowest BCUT2D eigenvalue weighted by molar-refractivity contribution is 0.167. The second-order valence-electron chi connectivity index (χ2n) is 5.19. The summed E-state index contributed by atoms with van der Waals surface area (Å²) in [7, 11) is 1.96. The van der Waals surface area contributed by atoms with Crippen molar-refractivity contribution < 1.29 is 0 Å². The average molecular weight is 276 g/mol. The summed E-state index contributed by atoms with van der Waals surface area (Å²) in [6.45, 7) is 6.70. The summed E-state index contributed by atoms with van der Waals surface area (Å²) in [6.07, 6.45) is 4.01. The Bertz CT molecular complexity index is 545. The number of rotatable bonds is 3. The summed E-state index contributed by atoms with van der Waals surface area (Å²) in [5, 5.41) is 7.67. The SMILES string of the molecule is C[C@@H]1CNCCN1Cc1ccc(-c2cnn(C)c2)s1. The smallest absolute Gasteiger partial charge is 0.0576 e. The number of aryl methyl sites for hydroxylation is 1. The highest BCUT2D eigenvalue weighted by atomic mass is 32.1. The van der Waals surface area contributed by atoms with E-state index >= 15 is 0 Å². The molecule has 19 heavy (non-hydrogen) atoms. The first-order valence-electron chi connectivity index (χ1n) is 6.75. The highest BCUT2D eigenvalue weighted by molar-refractivity contribution is 7.15. The van der Waals surface area contributed by atoms with Crippen molar-refractivity contribution in [1.29, 1.82) is 0 Å². The third kappa shape index (κ3) is 2.88. The molecule has 3 rings (SSSR count). The molecule has 0 spiro atoms. The Morgan fingerprint density at radius 1 is 1.47 bits per heavy atom. The molecule has 1 aliphatic heterocycles. The van der Waals surface area contributed by atoms with E-state index in [0.717, 1.165) is 26.2 Å². The van der Waals surface area contributed by atoms with Gasteiger partial charge >= 0.3 is 0 Å². The first kappa shape index (κ1) is 12.8. The highest BCUT2D eigenvalue weighted by Crippen LogP contribution is 2.28. The van der Waals surface area contributed by atoms with Crippen LogP contribution < -0.4 is 5.32 Å². The van der Waals surface area contributed by atoms with Gasteiger partial charge in [0.2, 0.25) is 0 Å². The zero-order valence-electron chi connectivity index (χ0n) is 11.5. The lowest BCUT2D eigenvalue weighted by Gasteiger charge is -2.33. The van der Waals surface area contributed by atoms with Gasteiger partial charge in [0.15, 0.2) is 0 Å². The zero-order valence-corrected chi connectivity index (χ0v) is 12.3. The second-order valence-corrected chi connectivity index (χ2v) is 6.36. The van der Waals surface area contributed by atoms with Gasteiger partial charge in [0.05, 0.1) is 6.20 Å². The van der Waals surface area contributed by atoms with Gasteiger partial charge in [0, 0.05) is 60.8 Å². The molecule has 1 aliphatic rings. The molecule has 0 saturated carbocycles. The van der Waals surface area contributed by atoms with Crippen LogP contribution in [0.15, 0.2) is 24.5 Å². The van der Waals surface area contributed by atoms with Crippen molar-refractivity contribution in [2.24, 2.45) is 7.05 Å². The molecular weight excluding hydrogens is 256 g/mol. The van der Waals surface area contributed by atoms with Gasteiger partial charge in [0.1, 0.15) is 0 Å². The Kier molecular flexibility index (Phi) is 3.68. The van der Waals surface area contributed by atoms with Gasteiger partial charge in [-0.2, -0.15) is 5.10 Å². The minimum atomic E-state index is 0.623. The Balaban J connectivity index is 1.71. The van der Waals surface area contributed by atoms with E-state index in [2.05, 4.69) is 40.6 Å². The van der Waals surface area contributed by atoms with Crippen LogP contribution in [0.3, 0.4) is 0 Å². The van der Waals surface area contributed by atoms with Crippen molar-refractivity contribution >= 4 is 11.3 Å². The minimum absolute atomic E-state index is 0.623. The molecule has 0 aliphatic carbocycles. The Labute approximate surface area is 118 Å². The van der Waals surface area contributed by atoms with Crippen molar-refractivity contribution in [2.75, 3.05) is 19.6 Å². The summed E-state index contributed by atoms with van der Waals surface area (Å²) < 4.78 is 1.85. The molecule has 1 fully saturated rings. The van der Waals surface area contributed by atoms with Crippen molar-refractivity contribution in [3.8, 4) is 10.4 Å². The van der Waals surface area contributed by atoms with Gasteiger partial charge in [-0.1, -0.05) is 0 Å². The van der Waals surface area contributed by atoms with Crippen molar-refractivity contribution in [3.05, 3.63) is 29.4 Å². The van der Waals surface area contributed by atoms with Gasteiger partial charge in [-0.05, 0) is 19.1 Å². The lowest BCUT2D eigenvalue weighted by atomic mass is 10.2. The van der Waals surface area contributed by atoms with Crippen molar-refractivity contribution in [2.45, 2.75) is 19.5 Å². The zero-order chi connectivity index (χ0) is 13.2. The first-order valence-corrected chi connectivity index (χ1v) is 7.56. The summed E-state index contributed by atoms with van der Waals surface area (Å²) in [4.78, 5) is 5.30. The fraction of sp³-hybridized carbons (Fsp3) is 0.500. The summed E-state index contributed by atoms with van der Waals surface area (Å²) in [5.41, 5.74) is 1.21. The molecule has 102 valence electrons. The van der Waals surface area contributed by atoms with Crippen LogP contribution in [0.5, 0.6) is 0 Å². The fourth-order valence-electron chi connectivity index (χ4n) is 2.48. The van der Waals surface area contributed by atoms with Crippen LogP contribution in [0.4, 0.5) is 0 Å². The van der Waals surface area contributed by atoms with Crippen LogP contribution in [-0.4, -0.2) is 40.4 Å². The van der Waals surface area contributed by atoms with Gasteiger partial charge < -0.3 is 5.32 Å². The predicted molar refractivity (Wildman–Crippen MR) is 79.3 cm³/mol. The second kappa shape index (κ2) is 5.45. The molecule has 4 nitrogen and oxygen atoms in total. The summed E-state index contributed by atoms with van der Waals surface area (Å²) in [6, 6.07) is 5.09. The molecule has 0 unspecified atom stereocenters. The molecule has 1 saturated heterocycles. The van der Waals surface area contributed by atoms with Crippen molar-refractivity contribution in [3.63, 3.8) is 0 Å². The predicted octanol–water partition coefficient (Wildman–Crippen LogP) is 1.94. The van der Waals surface area contributed by atoms with E-state index in [1.54, 1.807) is 0 Å². The van der Waals surface area contributed by atoms with Gasteiger partial charge in [-0.25, -0.2) is 0 Å². The molecule has 0 radical (unpaired) electrons. The molecule has 2 aromatic rings. The molecular formula is C14H20N4S. The molecule has 1 N–H and O–H groups in total. The van der Waals surface area contributed by atoms with Crippen LogP contribution in [0.2, 0.25) is 0 Å². The van der Waals surface area contributed by atoms with E-state index in [0.29, 0.717) is 6.04 Å². The Hall–Kier alpha value is -1.17. The number of hydrogen-bond acceptors (Lipinski definition) is 4. The standard InChI is InChI=1S/C14H20N4S/c1-11-7-15-5-6-18(11)10-13-3-4-14(19-13)12-8-16-17(2)9-12/h3-4,8-9,11,15H,5-7,10H2,1-2H3/t11-/m1/s1. The van der Waals surface area contributed by atoms with E-state index in [-0.39, 0.29) is 0 Å². The normalized spacial score (nSPS) is 20.8. The molecule has 5 heteroatoms. The Morgan fingerprint density at radius 3 is 3.11 bits per heavy atom. The lowest BCUT2D eigenvalue weighted by Crippen LogP contribution is -2.49. The number of aromatic nitrogens is 2. The van der Waals surface area contributed by atoms with Gasteiger partial charge in [-0.15, -0.1) is 11.3 Å². The number of nitrogens with one attached hydrogen (secondary N) is 1. The third-order valence-corrected chi connectivity index (χ3v) is 4.77. The molecule has 3 heterocycles. The first-order chi connectivity index (χ1) is 9.22. The van der Waals surface area contributed by atoms with E-state index in [1.165, 1.54) is 15.3 Å². The maximum atomic E-state index is 4.23. The number of thiophene rings is 1. The minimum Gasteiger partial charge on any atom is -0.314 e. The van der Waals surface area contributed by atoms with Gasteiger partial charge in [0.25, 0.3) is 0 Å². The molecule has 0 amide bonds. The van der Waals surface area contributed by atoms with E-state index in [9.17, 15) is 0 Å². The van der Waals surface area contributed by atoms with Crippen LogP contribution in [0.1, 0.15) is 11.8 Å². The molecule has 0 bridgehead atoms. The van der Waals surface area contributed by atoms with Crippen LogP contribution >= 0.6 is 11.3 Å². The van der Waals surface area contributed by atoms with Crippen LogP contribution in [0.25, 0.3) is 10.4 Å². The monoisotopic (exact) mass is 276 g/mol. The topological polar surface area (TPSA) is 33.1 Å². The van der Waals surface area contributed by atoms with E-state index < -0.39 is 0 Å². The maximum absolute atomic E-state index is 4.23. The highest BCUT2D eigenvalue weighted by Gasteiger charge is 2.18. The summed E-state index contributed by atoms with van der Waals surface area (Å²) >= 11 is 1.88. The molecule has 1 atom stereocenters.